The summed E-state index contributed by atoms with van der Waals surface area (Å²) in [5.74, 6) is -11.7. The second kappa shape index (κ2) is 5.76. The molecule has 0 atom stereocenters. The molecular formula is C13H12F5NO. The van der Waals surface area contributed by atoms with E-state index >= 15 is 0 Å². The van der Waals surface area contributed by atoms with Crippen molar-refractivity contribution in [3.05, 3.63) is 34.6 Å². The third kappa shape index (κ3) is 2.48. The van der Waals surface area contributed by atoms with Crippen molar-refractivity contribution in [2.24, 2.45) is 0 Å². The minimum atomic E-state index is -2.26. The number of hydrogen-bond acceptors (Lipinski definition) is 1. The van der Waals surface area contributed by atoms with Crippen LogP contribution >= 0.6 is 0 Å². The van der Waals surface area contributed by atoms with Gasteiger partial charge < -0.3 is 4.90 Å². The number of benzene rings is 1. The SMILES string of the molecule is O=C(c1c(F)c(F)c(F)c(F)c1F)N1CCCCCC1. The summed E-state index contributed by atoms with van der Waals surface area (Å²) in [6.45, 7) is 0.497. The van der Waals surface area contributed by atoms with Gasteiger partial charge in [0, 0.05) is 13.1 Å². The van der Waals surface area contributed by atoms with Crippen molar-refractivity contribution in [1.82, 2.24) is 4.90 Å². The average Bonchev–Trinajstić information content (AvgIpc) is 2.72. The molecule has 1 amide bonds. The fourth-order valence-corrected chi connectivity index (χ4v) is 2.22. The van der Waals surface area contributed by atoms with Gasteiger partial charge in [0.05, 0.1) is 0 Å². The largest absolute Gasteiger partial charge is 0.338 e. The van der Waals surface area contributed by atoms with Crippen LogP contribution in [0.4, 0.5) is 22.0 Å². The van der Waals surface area contributed by atoms with E-state index in [1.54, 1.807) is 0 Å². The molecule has 1 aromatic carbocycles. The second-order valence-corrected chi connectivity index (χ2v) is 4.65. The summed E-state index contributed by atoms with van der Waals surface area (Å²) in [5.41, 5.74) is -1.37. The van der Waals surface area contributed by atoms with Gasteiger partial charge in [0.1, 0.15) is 5.56 Å². The van der Waals surface area contributed by atoms with Gasteiger partial charge in [-0.15, -0.1) is 0 Å². The van der Waals surface area contributed by atoms with Crippen LogP contribution in [0.1, 0.15) is 36.0 Å². The number of nitrogens with zero attached hydrogens (tertiary/aromatic N) is 1. The first-order valence-corrected chi connectivity index (χ1v) is 6.26. The zero-order valence-corrected chi connectivity index (χ0v) is 10.5. The molecule has 0 bridgehead atoms. The highest BCUT2D eigenvalue weighted by molar-refractivity contribution is 5.94. The van der Waals surface area contributed by atoms with E-state index in [0.717, 1.165) is 17.7 Å². The number of hydrogen-bond donors (Lipinski definition) is 0. The maximum absolute atomic E-state index is 13.5. The predicted octanol–water partition coefficient (Wildman–Crippen LogP) is 3.40. The second-order valence-electron chi connectivity index (χ2n) is 4.65. The summed E-state index contributed by atoms with van der Waals surface area (Å²) in [7, 11) is 0. The Hall–Kier alpha value is -1.66. The molecule has 0 spiro atoms. The molecule has 0 radical (unpaired) electrons. The van der Waals surface area contributed by atoms with Crippen molar-refractivity contribution in [3.63, 3.8) is 0 Å². The van der Waals surface area contributed by atoms with Crippen molar-refractivity contribution in [2.75, 3.05) is 13.1 Å². The number of likely N-dealkylation sites (tertiary alicyclic amines) is 1. The lowest BCUT2D eigenvalue weighted by Gasteiger charge is -2.21. The Balaban J connectivity index is 2.44. The maximum Gasteiger partial charge on any atom is 0.260 e. The topological polar surface area (TPSA) is 20.3 Å². The lowest BCUT2D eigenvalue weighted by atomic mass is 10.1. The zero-order chi connectivity index (χ0) is 14.9. The van der Waals surface area contributed by atoms with E-state index in [1.807, 2.05) is 0 Å². The van der Waals surface area contributed by atoms with Gasteiger partial charge in [-0.3, -0.25) is 4.79 Å². The summed E-state index contributed by atoms with van der Waals surface area (Å²) < 4.78 is 66.2. The van der Waals surface area contributed by atoms with Gasteiger partial charge in [-0.1, -0.05) is 12.8 Å². The molecule has 110 valence electrons. The number of amides is 1. The van der Waals surface area contributed by atoms with Gasteiger partial charge in [-0.2, -0.15) is 0 Å². The Bertz CT molecular complexity index is 509. The molecule has 1 saturated heterocycles. The average molecular weight is 293 g/mol. The smallest absolute Gasteiger partial charge is 0.260 e. The highest BCUT2D eigenvalue weighted by atomic mass is 19.2. The van der Waals surface area contributed by atoms with Crippen LogP contribution in [-0.4, -0.2) is 23.9 Å². The predicted molar refractivity (Wildman–Crippen MR) is 60.6 cm³/mol. The molecule has 0 N–H and O–H groups in total. The molecule has 1 fully saturated rings. The molecule has 1 heterocycles. The molecule has 1 aliphatic rings. The molecule has 7 heteroatoms. The van der Waals surface area contributed by atoms with E-state index in [1.165, 1.54) is 0 Å². The van der Waals surface area contributed by atoms with Gasteiger partial charge in [-0.25, -0.2) is 22.0 Å². The first-order valence-electron chi connectivity index (χ1n) is 6.26. The quantitative estimate of drug-likeness (QED) is 0.441. The van der Waals surface area contributed by atoms with E-state index in [9.17, 15) is 26.7 Å². The molecule has 0 saturated carbocycles. The Morgan fingerprint density at radius 2 is 1.10 bits per heavy atom. The summed E-state index contributed by atoms with van der Waals surface area (Å²) in [6.07, 6.45) is 3.00. The van der Waals surface area contributed by atoms with Crippen LogP contribution in [0.25, 0.3) is 0 Å². The molecule has 2 nitrogen and oxygen atoms in total. The minimum Gasteiger partial charge on any atom is -0.338 e. The molecule has 0 unspecified atom stereocenters. The van der Waals surface area contributed by atoms with Gasteiger partial charge in [0.15, 0.2) is 23.3 Å². The Kier molecular flexibility index (Phi) is 4.25. The normalized spacial score (nSPS) is 16.1. The fraction of sp³-hybridized carbons (Fsp3) is 0.462. The van der Waals surface area contributed by atoms with E-state index < -0.39 is 40.6 Å². The molecule has 1 aliphatic heterocycles. The van der Waals surface area contributed by atoms with Gasteiger partial charge in [-0.05, 0) is 12.8 Å². The van der Waals surface area contributed by atoms with Crippen molar-refractivity contribution >= 4 is 5.91 Å². The summed E-state index contributed by atoms with van der Waals surface area (Å²) >= 11 is 0. The van der Waals surface area contributed by atoms with Crippen LogP contribution in [0, 0.1) is 29.1 Å². The Morgan fingerprint density at radius 1 is 0.700 bits per heavy atom. The third-order valence-electron chi connectivity index (χ3n) is 3.32. The summed E-state index contributed by atoms with van der Waals surface area (Å²) in [6, 6.07) is 0. The van der Waals surface area contributed by atoms with E-state index in [-0.39, 0.29) is 13.1 Å². The van der Waals surface area contributed by atoms with E-state index in [4.69, 9.17) is 0 Å². The first kappa shape index (κ1) is 14.7. The highest BCUT2D eigenvalue weighted by Crippen LogP contribution is 2.25. The lowest BCUT2D eigenvalue weighted by Crippen LogP contribution is -2.34. The van der Waals surface area contributed by atoms with Crippen LogP contribution in [-0.2, 0) is 0 Å². The van der Waals surface area contributed by atoms with Gasteiger partial charge in [0.2, 0.25) is 5.82 Å². The molecular weight excluding hydrogens is 281 g/mol. The van der Waals surface area contributed by atoms with Crippen LogP contribution in [0.3, 0.4) is 0 Å². The van der Waals surface area contributed by atoms with Crippen molar-refractivity contribution in [2.45, 2.75) is 25.7 Å². The number of rotatable bonds is 1. The minimum absolute atomic E-state index is 0.248. The Morgan fingerprint density at radius 3 is 1.55 bits per heavy atom. The monoisotopic (exact) mass is 293 g/mol. The lowest BCUT2D eigenvalue weighted by molar-refractivity contribution is 0.0748. The molecule has 0 aliphatic carbocycles. The van der Waals surface area contributed by atoms with Crippen LogP contribution in [0.2, 0.25) is 0 Å². The summed E-state index contributed by atoms with van der Waals surface area (Å²) in [4.78, 5) is 13.1. The standard InChI is InChI=1S/C13H12F5NO/c14-8-7(9(15)11(17)12(18)10(8)16)13(20)19-5-3-1-2-4-6-19/h1-6H2. The zero-order valence-electron chi connectivity index (χ0n) is 10.5. The number of carbonyl (C=O) groups excluding carboxylic acids is 1. The fourth-order valence-electron chi connectivity index (χ4n) is 2.22. The van der Waals surface area contributed by atoms with E-state index in [2.05, 4.69) is 0 Å². The number of carbonyl (C=O) groups is 1. The first-order chi connectivity index (χ1) is 9.45. The molecule has 0 aromatic heterocycles. The Labute approximate surface area is 112 Å². The summed E-state index contributed by atoms with van der Waals surface area (Å²) in [5, 5.41) is 0. The van der Waals surface area contributed by atoms with Crippen LogP contribution in [0.15, 0.2) is 0 Å². The van der Waals surface area contributed by atoms with Crippen LogP contribution < -0.4 is 0 Å². The van der Waals surface area contributed by atoms with Crippen molar-refractivity contribution < 1.29 is 26.7 Å². The van der Waals surface area contributed by atoms with Gasteiger partial charge >= 0.3 is 0 Å². The molecule has 2 rings (SSSR count). The van der Waals surface area contributed by atoms with Crippen LogP contribution in [0.5, 0.6) is 0 Å². The number of halogens is 5. The van der Waals surface area contributed by atoms with Crippen molar-refractivity contribution in [3.8, 4) is 0 Å². The molecule has 20 heavy (non-hydrogen) atoms. The highest BCUT2D eigenvalue weighted by Gasteiger charge is 2.32. The van der Waals surface area contributed by atoms with Crippen molar-refractivity contribution in [1.29, 1.82) is 0 Å². The van der Waals surface area contributed by atoms with Gasteiger partial charge in [0.25, 0.3) is 5.91 Å². The third-order valence-corrected chi connectivity index (χ3v) is 3.32. The molecule has 1 aromatic rings. The van der Waals surface area contributed by atoms with E-state index in [0.29, 0.717) is 12.8 Å². The maximum atomic E-state index is 13.5.